The van der Waals surface area contributed by atoms with E-state index < -0.39 is 20.5 Å². The van der Waals surface area contributed by atoms with E-state index in [-0.39, 0.29) is 18.5 Å². The summed E-state index contributed by atoms with van der Waals surface area (Å²) in [6.45, 7) is 3.11. The molecule has 0 saturated carbocycles. The number of nitrogens with two attached hydrogens (primary N) is 1. The number of pyridine rings is 1. The maximum Gasteiger partial charge on any atom is 0.264 e. The van der Waals surface area contributed by atoms with Gasteiger partial charge in [-0.3, -0.25) is 14.8 Å². The third-order valence-electron chi connectivity index (χ3n) is 4.80. The summed E-state index contributed by atoms with van der Waals surface area (Å²) in [5.41, 5.74) is 9.93. The van der Waals surface area contributed by atoms with Crippen molar-refractivity contribution in [3.05, 3.63) is 52.4 Å². The summed E-state index contributed by atoms with van der Waals surface area (Å²) in [5, 5.41) is 8.85. The van der Waals surface area contributed by atoms with Crippen LogP contribution in [0.4, 0.5) is 5.69 Å². The van der Waals surface area contributed by atoms with Gasteiger partial charge in [-0.2, -0.15) is 0 Å². The van der Waals surface area contributed by atoms with Gasteiger partial charge in [0.25, 0.3) is 11.5 Å². The summed E-state index contributed by atoms with van der Waals surface area (Å²) < 4.78 is 23.5. The van der Waals surface area contributed by atoms with E-state index in [4.69, 9.17) is 10.9 Å². The Kier molecular flexibility index (Phi) is 5.76. The van der Waals surface area contributed by atoms with E-state index in [0.717, 1.165) is 17.4 Å². The fourth-order valence-electron chi connectivity index (χ4n) is 2.73. The molecule has 1 heterocycles. The maximum atomic E-state index is 12.4. The monoisotopic (exact) mass is 393 g/mol. The highest BCUT2D eigenvalue weighted by Crippen LogP contribution is 2.25. The molecular weight excluding hydrogens is 370 g/mol. The molecule has 146 valence electrons. The van der Waals surface area contributed by atoms with Gasteiger partial charge in [0.2, 0.25) is 0 Å². The molecule has 0 aliphatic rings. The van der Waals surface area contributed by atoms with Gasteiger partial charge >= 0.3 is 0 Å². The maximum absolute atomic E-state index is 12.4. The van der Waals surface area contributed by atoms with Crippen LogP contribution in [0.3, 0.4) is 0 Å². The fourth-order valence-corrected chi connectivity index (χ4v) is 3.57. The standard InChI is InChI=1S/C18H23N3O5S/c1-12-4-5-14(19)11-15(12)13-6-8-21(16(22)10-13)9-7-18(2,17(23)20-24)27(3,25)26/h4-6,8,10-11,24H,7,9,19H2,1-3H3,(H,20,23). The number of amides is 1. The predicted molar refractivity (Wildman–Crippen MR) is 103 cm³/mol. The molecule has 1 unspecified atom stereocenters. The summed E-state index contributed by atoms with van der Waals surface area (Å²) in [4.78, 5) is 24.3. The Balaban J connectivity index is 2.33. The molecular formula is C18H23N3O5S. The SMILES string of the molecule is Cc1ccc(N)cc1-c1ccn(CCC(C)(C(=O)NO)S(C)(=O)=O)c(=O)c1. The molecule has 1 aromatic heterocycles. The molecule has 0 radical (unpaired) electrons. The van der Waals surface area contributed by atoms with E-state index in [2.05, 4.69) is 0 Å². The first kappa shape index (κ1) is 20.7. The highest BCUT2D eigenvalue weighted by molar-refractivity contribution is 7.92. The second kappa shape index (κ2) is 7.53. The van der Waals surface area contributed by atoms with Crippen LogP contribution in [0, 0.1) is 6.92 Å². The smallest absolute Gasteiger partial charge is 0.264 e. The lowest BCUT2D eigenvalue weighted by Crippen LogP contribution is -2.49. The number of sulfone groups is 1. The van der Waals surface area contributed by atoms with Gasteiger partial charge in [0.1, 0.15) is 0 Å². The van der Waals surface area contributed by atoms with Crippen LogP contribution < -0.4 is 16.8 Å². The minimum absolute atomic E-state index is 0.00792. The lowest BCUT2D eigenvalue weighted by atomic mass is 10.0. The summed E-state index contributed by atoms with van der Waals surface area (Å²) >= 11 is 0. The lowest BCUT2D eigenvalue weighted by molar-refractivity contribution is -0.131. The van der Waals surface area contributed by atoms with E-state index in [9.17, 15) is 18.0 Å². The van der Waals surface area contributed by atoms with Crippen LogP contribution in [-0.2, 0) is 21.2 Å². The zero-order valence-electron chi connectivity index (χ0n) is 15.4. The molecule has 0 saturated heterocycles. The molecule has 2 rings (SSSR count). The molecule has 9 heteroatoms. The second-order valence-corrected chi connectivity index (χ2v) is 9.16. The van der Waals surface area contributed by atoms with E-state index in [1.807, 2.05) is 13.0 Å². The first-order valence-corrected chi connectivity index (χ1v) is 10.1. The van der Waals surface area contributed by atoms with Crippen LogP contribution in [0.5, 0.6) is 0 Å². The van der Waals surface area contributed by atoms with Crippen molar-refractivity contribution in [1.82, 2.24) is 10.0 Å². The van der Waals surface area contributed by atoms with E-state index in [0.29, 0.717) is 11.3 Å². The third-order valence-corrected chi connectivity index (χ3v) is 6.82. The van der Waals surface area contributed by atoms with Crippen LogP contribution in [0.25, 0.3) is 11.1 Å². The van der Waals surface area contributed by atoms with Gasteiger partial charge in [-0.25, -0.2) is 13.9 Å². The highest BCUT2D eigenvalue weighted by atomic mass is 32.2. The largest absolute Gasteiger partial charge is 0.399 e. The molecule has 0 aliphatic heterocycles. The Hall–Kier alpha value is -2.65. The molecule has 8 nitrogen and oxygen atoms in total. The number of benzene rings is 1. The van der Waals surface area contributed by atoms with Gasteiger partial charge in [-0.15, -0.1) is 0 Å². The van der Waals surface area contributed by atoms with Gasteiger partial charge in [0.15, 0.2) is 14.6 Å². The number of rotatable bonds is 6. The van der Waals surface area contributed by atoms with E-state index in [1.165, 1.54) is 23.0 Å². The molecule has 27 heavy (non-hydrogen) atoms. The average Bonchev–Trinajstić information content (AvgIpc) is 2.60. The molecule has 4 N–H and O–H groups in total. The Morgan fingerprint density at radius 2 is 1.96 bits per heavy atom. The zero-order valence-corrected chi connectivity index (χ0v) is 16.2. The molecule has 0 bridgehead atoms. The molecule has 0 fully saturated rings. The number of aryl methyl sites for hydroxylation is 2. The van der Waals surface area contributed by atoms with Crippen LogP contribution in [0.15, 0.2) is 41.3 Å². The second-order valence-electron chi connectivity index (χ2n) is 6.72. The Labute approximate surface area is 157 Å². The van der Waals surface area contributed by atoms with E-state index >= 15 is 0 Å². The summed E-state index contributed by atoms with van der Waals surface area (Å²) in [7, 11) is -3.82. The average molecular weight is 393 g/mol. The van der Waals surface area contributed by atoms with Crippen molar-refractivity contribution in [3.8, 4) is 11.1 Å². The number of carbonyl (C=O) groups excluding carboxylic acids is 1. The van der Waals surface area contributed by atoms with Crippen molar-refractivity contribution < 1.29 is 18.4 Å². The topological polar surface area (TPSA) is 131 Å². The number of hydroxylamine groups is 1. The molecule has 1 atom stereocenters. The van der Waals surface area contributed by atoms with Crippen LogP contribution >= 0.6 is 0 Å². The van der Waals surface area contributed by atoms with Crippen LogP contribution in [0.2, 0.25) is 0 Å². The van der Waals surface area contributed by atoms with Crippen molar-refractivity contribution >= 4 is 21.4 Å². The molecule has 1 amide bonds. The third kappa shape index (κ3) is 4.20. The molecule has 2 aromatic rings. The number of aromatic nitrogens is 1. The van der Waals surface area contributed by atoms with Crippen molar-refractivity contribution in [2.75, 3.05) is 12.0 Å². The van der Waals surface area contributed by atoms with Crippen molar-refractivity contribution in [2.24, 2.45) is 0 Å². The van der Waals surface area contributed by atoms with Gasteiger partial charge in [0.05, 0.1) is 0 Å². The lowest BCUT2D eigenvalue weighted by Gasteiger charge is -2.25. The first-order valence-electron chi connectivity index (χ1n) is 8.21. The van der Waals surface area contributed by atoms with Crippen LogP contribution in [-0.4, -0.2) is 35.1 Å². The van der Waals surface area contributed by atoms with E-state index in [1.54, 1.807) is 24.4 Å². The van der Waals surface area contributed by atoms with Crippen molar-refractivity contribution in [2.45, 2.75) is 31.6 Å². The number of carbonyl (C=O) groups is 1. The van der Waals surface area contributed by atoms with Gasteiger partial charge < -0.3 is 10.3 Å². The van der Waals surface area contributed by atoms with Gasteiger partial charge in [0, 0.05) is 30.8 Å². The summed E-state index contributed by atoms with van der Waals surface area (Å²) in [6, 6.07) is 8.58. The van der Waals surface area contributed by atoms with Crippen molar-refractivity contribution in [3.63, 3.8) is 0 Å². The Morgan fingerprint density at radius 3 is 2.52 bits per heavy atom. The normalized spacial score (nSPS) is 13.8. The Bertz CT molecular complexity index is 1030. The van der Waals surface area contributed by atoms with Gasteiger partial charge in [-0.1, -0.05) is 6.07 Å². The zero-order chi connectivity index (χ0) is 20.4. The number of nitrogens with zero attached hydrogens (tertiary/aromatic N) is 1. The number of hydrogen-bond donors (Lipinski definition) is 3. The van der Waals surface area contributed by atoms with Crippen LogP contribution in [0.1, 0.15) is 18.9 Å². The molecule has 0 spiro atoms. The number of nitrogen functional groups attached to an aromatic ring is 1. The molecule has 0 aliphatic carbocycles. The minimum atomic E-state index is -3.82. The molecule has 1 aromatic carbocycles. The highest BCUT2D eigenvalue weighted by Gasteiger charge is 2.43. The fraction of sp³-hybridized carbons (Fsp3) is 0.333. The number of hydrogen-bond acceptors (Lipinski definition) is 6. The number of anilines is 1. The van der Waals surface area contributed by atoms with Crippen molar-refractivity contribution in [1.29, 1.82) is 0 Å². The summed E-state index contributed by atoms with van der Waals surface area (Å²) in [6.07, 6.45) is 2.28. The number of nitrogens with one attached hydrogen (secondary N) is 1. The quantitative estimate of drug-likeness (QED) is 0.383. The minimum Gasteiger partial charge on any atom is -0.399 e. The predicted octanol–water partition coefficient (Wildman–Crippen LogP) is 1.10. The summed E-state index contributed by atoms with van der Waals surface area (Å²) in [5.74, 6) is -1.04. The Morgan fingerprint density at radius 1 is 1.30 bits per heavy atom. The first-order chi connectivity index (χ1) is 12.5. The van der Waals surface area contributed by atoms with Gasteiger partial charge in [-0.05, 0) is 55.2 Å².